The van der Waals surface area contributed by atoms with Gasteiger partial charge in [-0.1, -0.05) is 37.6 Å². The van der Waals surface area contributed by atoms with E-state index >= 15 is 0 Å². The third-order valence-electron chi connectivity index (χ3n) is 1.74. The Bertz CT molecular complexity index is 247. The zero-order valence-corrected chi connectivity index (χ0v) is 8.95. The summed E-state index contributed by atoms with van der Waals surface area (Å²) < 4.78 is 0. The number of hydrogen-bond acceptors (Lipinski definition) is 1. The second-order valence-corrected chi connectivity index (χ2v) is 4.65. The molecule has 0 aromatic heterocycles. The van der Waals surface area contributed by atoms with Crippen LogP contribution in [0.4, 0.5) is 0 Å². The van der Waals surface area contributed by atoms with Crippen LogP contribution >= 0.6 is 23.4 Å². The van der Waals surface area contributed by atoms with Crippen molar-refractivity contribution >= 4 is 23.4 Å². The highest BCUT2D eigenvalue weighted by molar-refractivity contribution is 8.00. The van der Waals surface area contributed by atoms with E-state index in [4.69, 9.17) is 11.6 Å². The van der Waals surface area contributed by atoms with Crippen LogP contribution in [0.5, 0.6) is 0 Å². The van der Waals surface area contributed by atoms with Gasteiger partial charge in [-0.15, -0.1) is 11.8 Å². The van der Waals surface area contributed by atoms with Gasteiger partial charge in [0.2, 0.25) is 0 Å². The second-order valence-electron chi connectivity index (χ2n) is 2.77. The Morgan fingerprint density at radius 1 is 1.42 bits per heavy atom. The van der Waals surface area contributed by atoms with Crippen LogP contribution in [0.15, 0.2) is 29.2 Å². The minimum absolute atomic E-state index is 0.643. The number of hydrogen-bond donors (Lipinski definition) is 0. The van der Waals surface area contributed by atoms with E-state index in [1.54, 1.807) is 0 Å². The summed E-state index contributed by atoms with van der Waals surface area (Å²) in [7, 11) is 0. The largest absolute Gasteiger partial charge is 0.121 e. The summed E-state index contributed by atoms with van der Waals surface area (Å²) in [5.41, 5.74) is 0. The van der Waals surface area contributed by atoms with E-state index in [0.29, 0.717) is 5.25 Å². The van der Waals surface area contributed by atoms with Crippen molar-refractivity contribution in [3.8, 4) is 0 Å². The molecular formula is C10H13ClS. The molecule has 12 heavy (non-hydrogen) atoms. The fraction of sp³-hybridized carbons (Fsp3) is 0.400. The number of thioether (sulfide) groups is 1. The lowest BCUT2D eigenvalue weighted by Crippen LogP contribution is -1.91. The van der Waals surface area contributed by atoms with Gasteiger partial charge in [-0.2, -0.15) is 0 Å². The summed E-state index contributed by atoms with van der Waals surface area (Å²) in [4.78, 5) is 1.19. The minimum Gasteiger partial charge on any atom is -0.121 e. The maximum absolute atomic E-state index is 6.00. The van der Waals surface area contributed by atoms with Gasteiger partial charge in [0, 0.05) is 10.1 Å². The van der Waals surface area contributed by atoms with E-state index in [2.05, 4.69) is 19.9 Å². The third-order valence-corrected chi connectivity index (χ3v) is 3.53. The molecule has 1 atom stereocenters. The van der Waals surface area contributed by atoms with E-state index in [9.17, 15) is 0 Å². The Hall–Kier alpha value is -0.140. The van der Waals surface area contributed by atoms with Crippen molar-refractivity contribution in [2.45, 2.75) is 30.4 Å². The van der Waals surface area contributed by atoms with Gasteiger partial charge in [-0.3, -0.25) is 0 Å². The van der Waals surface area contributed by atoms with Gasteiger partial charge in [0.15, 0.2) is 0 Å². The van der Waals surface area contributed by atoms with E-state index < -0.39 is 0 Å². The van der Waals surface area contributed by atoms with Crippen LogP contribution in [0.3, 0.4) is 0 Å². The molecule has 2 heteroatoms. The van der Waals surface area contributed by atoms with Crippen molar-refractivity contribution in [3.05, 3.63) is 29.3 Å². The molecule has 0 amide bonds. The summed E-state index contributed by atoms with van der Waals surface area (Å²) in [6, 6.07) is 7.99. The Labute approximate surface area is 83.3 Å². The molecule has 0 aliphatic rings. The summed E-state index contributed by atoms with van der Waals surface area (Å²) in [5.74, 6) is 0. The first kappa shape index (κ1) is 9.94. The molecule has 1 rings (SSSR count). The number of benzene rings is 1. The molecule has 0 bridgehead atoms. The molecule has 0 fully saturated rings. The van der Waals surface area contributed by atoms with Gasteiger partial charge in [-0.05, 0) is 18.6 Å². The predicted molar refractivity (Wildman–Crippen MR) is 57.1 cm³/mol. The van der Waals surface area contributed by atoms with Gasteiger partial charge in [0.05, 0.1) is 5.02 Å². The first-order valence-corrected chi connectivity index (χ1v) is 5.41. The summed E-state index contributed by atoms with van der Waals surface area (Å²) >= 11 is 7.84. The highest BCUT2D eigenvalue weighted by Crippen LogP contribution is 2.30. The molecule has 0 saturated heterocycles. The first-order valence-electron chi connectivity index (χ1n) is 4.15. The van der Waals surface area contributed by atoms with E-state index in [-0.39, 0.29) is 0 Å². The quantitative estimate of drug-likeness (QED) is 0.658. The fourth-order valence-corrected chi connectivity index (χ4v) is 2.05. The van der Waals surface area contributed by atoms with Crippen molar-refractivity contribution in [1.82, 2.24) is 0 Å². The monoisotopic (exact) mass is 200 g/mol. The third kappa shape index (κ3) is 2.72. The molecular weight excluding hydrogens is 188 g/mol. The lowest BCUT2D eigenvalue weighted by molar-refractivity contribution is 0.906. The Kier molecular flexibility index (Phi) is 3.96. The standard InChI is InChI=1S/C10H13ClS/c1-3-8(2)12-10-7-5-4-6-9(10)11/h4-8H,3H2,1-2H3. The zero-order chi connectivity index (χ0) is 8.97. The lowest BCUT2D eigenvalue weighted by atomic mass is 10.4. The van der Waals surface area contributed by atoms with Gasteiger partial charge in [0.1, 0.15) is 0 Å². The number of rotatable bonds is 3. The molecule has 1 aromatic carbocycles. The Balaban J connectivity index is 2.69. The molecule has 0 nitrogen and oxygen atoms in total. The summed E-state index contributed by atoms with van der Waals surface area (Å²) in [6.45, 7) is 4.41. The minimum atomic E-state index is 0.643. The predicted octanol–water partition coefficient (Wildman–Crippen LogP) is 4.23. The van der Waals surface area contributed by atoms with Crippen molar-refractivity contribution in [2.24, 2.45) is 0 Å². The van der Waals surface area contributed by atoms with Crippen LogP contribution in [0, 0.1) is 0 Å². The molecule has 0 spiro atoms. The molecule has 0 N–H and O–H groups in total. The van der Waals surface area contributed by atoms with Crippen LogP contribution < -0.4 is 0 Å². The molecule has 0 radical (unpaired) electrons. The maximum Gasteiger partial charge on any atom is 0.0541 e. The molecule has 0 saturated carbocycles. The van der Waals surface area contributed by atoms with Gasteiger partial charge < -0.3 is 0 Å². The van der Waals surface area contributed by atoms with Crippen LogP contribution in [-0.2, 0) is 0 Å². The molecule has 0 aliphatic heterocycles. The van der Waals surface area contributed by atoms with Gasteiger partial charge >= 0.3 is 0 Å². The topological polar surface area (TPSA) is 0 Å². The highest BCUT2D eigenvalue weighted by atomic mass is 35.5. The SMILES string of the molecule is CCC(C)Sc1ccccc1Cl. The molecule has 0 heterocycles. The zero-order valence-electron chi connectivity index (χ0n) is 7.38. The molecule has 1 aromatic rings. The van der Waals surface area contributed by atoms with Crippen LogP contribution in [0.1, 0.15) is 20.3 Å². The van der Waals surface area contributed by atoms with Crippen LogP contribution in [-0.4, -0.2) is 5.25 Å². The Morgan fingerprint density at radius 3 is 2.67 bits per heavy atom. The van der Waals surface area contributed by atoms with Crippen LogP contribution in [0.25, 0.3) is 0 Å². The van der Waals surface area contributed by atoms with Crippen molar-refractivity contribution in [3.63, 3.8) is 0 Å². The molecule has 66 valence electrons. The summed E-state index contributed by atoms with van der Waals surface area (Å²) in [6.07, 6.45) is 1.18. The van der Waals surface area contributed by atoms with E-state index in [1.807, 2.05) is 30.0 Å². The molecule has 1 unspecified atom stereocenters. The van der Waals surface area contributed by atoms with Gasteiger partial charge in [0.25, 0.3) is 0 Å². The smallest absolute Gasteiger partial charge is 0.0541 e. The lowest BCUT2D eigenvalue weighted by Gasteiger charge is -2.08. The first-order chi connectivity index (χ1) is 5.74. The van der Waals surface area contributed by atoms with Gasteiger partial charge in [-0.25, -0.2) is 0 Å². The van der Waals surface area contributed by atoms with E-state index in [0.717, 1.165) is 5.02 Å². The average Bonchev–Trinajstić information content (AvgIpc) is 2.09. The van der Waals surface area contributed by atoms with Crippen molar-refractivity contribution in [2.75, 3.05) is 0 Å². The fourth-order valence-electron chi connectivity index (χ4n) is 0.840. The van der Waals surface area contributed by atoms with Crippen molar-refractivity contribution < 1.29 is 0 Å². The average molecular weight is 201 g/mol. The highest BCUT2D eigenvalue weighted by Gasteiger charge is 2.03. The van der Waals surface area contributed by atoms with Crippen molar-refractivity contribution in [1.29, 1.82) is 0 Å². The second kappa shape index (κ2) is 4.78. The van der Waals surface area contributed by atoms with Crippen LogP contribution in [0.2, 0.25) is 5.02 Å². The molecule has 0 aliphatic carbocycles. The number of halogens is 1. The summed E-state index contributed by atoms with van der Waals surface area (Å²) in [5, 5.41) is 1.51. The maximum atomic E-state index is 6.00. The normalized spacial score (nSPS) is 12.9. The van der Waals surface area contributed by atoms with E-state index in [1.165, 1.54) is 11.3 Å². The Morgan fingerprint density at radius 2 is 2.08 bits per heavy atom.